The van der Waals surface area contributed by atoms with Crippen molar-refractivity contribution in [3.8, 4) is 11.5 Å². The Morgan fingerprint density at radius 2 is 1.96 bits per heavy atom. The highest BCUT2D eigenvalue weighted by Crippen LogP contribution is 2.32. The molecule has 8 heteroatoms. The molecule has 2 rings (SSSR count). The number of alkyl carbamates (subject to hydrolysis) is 1. The van der Waals surface area contributed by atoms with Crippen LogP contribution in [0.4, 0.5) is 4.79 Å². The average Bonchev–Trinajstić information content (AvgIpc) is 2.91. The van der Waals surface area contributed by atoms with Gasteiger partial charge in [0.25, 0.3) is 0 Å². The molecule has 1 aromatic carbocycles. The van der Waals surface area contributed by atoms with Crippen molar-refractivity contribution in [3.05, 3.63) is 23.8 Å². The van der Waals surface area contributed by atoms with Gasteiger partial charge in [0, 0.05) is 0 Å². The molecule has 0 saturated heterocycles. The van der Waals surface area contributed by atoms with Gasteiger partial charge in [0.2, 0.25) is 6.79 Å². The minimum Gasteiger partial charge on any atom is -0.479 e. The second kappa shape index (κ2) is 6.96. The van der Waals surface area contributed by atoms with Gasteiger partial charge in [0.1, 0.15) is 5.60 Å². The van der Waals surface area contributed by atoms with Gasteiger partial charge in [-0.25, -0.2) is 9.59 Å². The number of carbonyl (C=O) groups is 2. The second-order valence-electron chi connectivity index (χ2n) is 6.43. The quantitative estimate of drug-likeness (QED) is 0.740. The van der Waals surface area contributed by atoms with Gasteiger partial charge in [-0.3, -0.25) is 0 Å². The summed E-state index contributed by atoms with van der Waals surface area (Å²) >= 11 is 0. The van der Waals surface area contributed by atoms with Crippen LogP contribution in [-0.2, 0) is 16.0 Å². The van der Waals surface area contributed by atoms with Crippen molar-refractivity contribution in [2.75, 3.05) is 6.79 Å². The summed E-state index contributed by atoms with van der Waals surface area (Å²) in [6.45, 7) is 5.18. The highest BCUT2D eigenvalue weighted by atomic mass is 16.7. The number of hydrogen-bond acceptors (Lipinski definition) is 6. The number of carboxylic acid groups (broad SMARTS) is 1. The Kier molecular flexibility index (Phi) is 5.18. The zero-order chi connectivity index (χ0) is 17.9. The van der Waals surface area contributed by atoms with Gasteiger partial charge >= 0.3 is 12.1 Å². The monoisotopic (exact) mass is 339 g/mol. The number of carboxylic acids is 1. The Morgan fingerprint density at radius 1 is 1.29 bits per heavy atom. The number of amides is 1. The lowest BCUT2D eigenvalue weighted by Crippen LogP contribution is -2.49. The normalized spacial score (nSPS) is 15.5. The molecule has 3 N–H and O–H groups in total. The summed E-state index contributed by atoms with van der Waals surface area (Å²) in [4.78, 5) is 23.0. The molecule has 0 fully saturated rings. The molecule has 132 valence electrons. The van der Waals surface area contributed by atoms with E-state index in [4.69, 9.17) is 19.3 Å². The van der Waals surface area contributed by atoms with Crippen LogP contribution in [0.25, 0.3) is 0 Å². The predicted molar refractivity (Wildman–Crippen MR) is 83.1 cm³/mol. The van der Waals surface area contributed by atoms with Crippen molar-refractivity contribution in [1.82, 2.24) is 5.32 Å². The number of hydrogen-bond donors (Lipinski definition) is 3. The maximum absolute atomic E-state index is 11.9. The SMILES string of the molecule is CC(C)(C)OC(=O)NC(Cc1ccc2c(c1)OCO2)C(O)C(=O)O. The van der Waals surface area contributed by atoms with E-state index >= 15 is 0 Å². The first kappa shape index (κ1) is 17.9. The second-order valence-corrected chi connectivity index (χ2v) is 6.43. The zero-order valence-electron chi connectivity index (χ0n) is 13.7. The van der Waals surface area contributed by atoms with Crippen LogP contribution in [0, 0.1) is 0 Å². The topological polar surface area (TPSA) is 114 Å². The first-order valence-corrected chi connectivity index (χ1v) is 7.44. The average molecular weight is 339 g/mol. The first-order chi connectivity index (χ1) is 11.2. The smallest absolute Gasteiger partial charge is 0.407 e. The summed E-state index contributed by atoms with van der Waals surface area (Å²) in [7, 11) is 0. The van der Waals surface area contributed by atoms with E-state index in [0.29, 0.717) is 17.1 Å². The molecule has 1 aliphatic rings. The van der Waals surface area contributed by atoms with Crippen LogP contribution in [0.15, 0.2) is 18.2 Å². The van der Waals surface area contributed by atoms with Crippen LogP contribution in [0.3, 0.4) is 0 Å². The molecular formula is C16H21NO7. The van der Waals surface area contributed by atoms with E-state index in [1.54, 1.807) is 39.0 Å². The molecule has 24 heavy (non-hydrogen) atoms. The summed E-state index contributed by atoms with van der Waals surface area (Å²) in [5.74, 6) is -0.306. The van der Waals surface area contributed by atoms with Crippen LogP contribution in [0.5, 0.6) is 11.5 Å². The highest BCUT2D eigenvalue weighted by molar-refractivity contribution is 5.75. The maximum Gasteiger partial charge on any atom is 0.407 e. The van der Waals surface area contributed by atoms with Gasteiger partial charge in [-0.2, -0.15) is 0 Å². The largest absolute Gasteiger partial charge is 0.479 e. The molecular weight excluding hydrogens is 318 g/mol. The first-order valence-electron chi connectivity index (χ1n) is 7.44. The standard InChI is InChI=1S/C16H21NO7/c1-16(2,3)24-15(21)17-10(13(18)14(19)20)6-9-4-5-11-12(7-9)23-8-22-11/h4-5,7,10,13,18H,6,8H2,1-3H3,(H,17,21)(H,19,20). The molecule has 8 nitrogen and oxygen atoms in total. The van der Waals surface area contributed by atoms with Crippen LogP contribution in [0.2, 0.25) is 0 Å². The van der Waals surface area contributed by atoms with Crippen molar-refractivity contribution < 1.29 is 34.0 Å². The van der Waals surface area contributed by atoms with E-state index in [-0.39, 0.29) is 13.2 Å². The van der Waals surface area contributed by atoms with Crippen molar-refractivity contribution in [2.24, 2.45) is 0 Å². The van der Waals surface area contributed by atoms with Crippen molar-refractivity contribution in [1.29, 1.82) is 0 Å². The van der Waals surface area contributed by atoms with E-state index in [0.717, 1.165) is 0 Å². The zero-order valence-corrected chi connectivity index (χ0v) is 13.7. The lowest BCUT2D eigenvalue weighted by Gasteiger charge is -2.25. The summed E-state index contributed by atoms with van der Waals surface area (Å²) < 4.78 is 15.6. The number of nitrogens with one attached hydrogen (secondary N) is 1. The van der Waals surface area contributed by atoms with Crippen molar-refractivity contribution in [2.45, 2.75) is 44.9 Å². The molecule has 0 radical (unpaired) electrons. The van der Waals surface area contributed by atoms with Gasteiger partial charge in [0.15, 0.2) is 17.6 Å². The van der Waals surface area contributed by atoms with Gasteiger partial charge in [0.05, 0.1) is 6.04 Å². The molecule has 0 aromatic heterocycles. The van der Waals surface area contributed by atoms with Gasteiger partial charge < -0.3 is 29.7 Å². The molecule has 2 atom stereocenters. The van der Waals surface area contributed by atoms with E-state index in [1.165, 1.54) is 0 Å². The molecule has 1 heterocycles. The minimum absolute atomic E-state index is 0.0867. The van der Waals surface area contributed by atoms with Crippen LogP contribution in [-0.4, -0.2) is 46.8 Å². The molecule has 1 amide bonds. The van der Waals surface area contributed by atoms with Crippen LogP contribution in [0.1, 0.15) is 26.3 Å². The molecule has 0 saturated carbocycles. The number of fused-ring (bicyclic) bond motifs is 1. The predicted octanol–water partition coefficient (Wildman–Crippen LogP) is 1.30. The van der Waals surface area contributed by atoms with E-state index in [2.05, 4.69) is 5.32 Å². The maximum atomic E-state index is 11.9. The molecule has 1 aromatic rings. The lowest BCUT2D eigenvalue weighted by molar-refractivity contribution is -0.148. The number of benzene rings is 1. The molecule has 1 aliphatic heterocycles. The van der Waals surface area contributed by atoms with Gasteiger partial charge in [-0.05, 0) is 44.9 Å². The van der Waals surface area contributed by atoms with Gasteiger partial charge in [-0.1, -0.05) is 6.07 Å². The van der Waals surface area contributed by atoms with Crippen molar-refractivity contribution >= 4 is 12.1 Å². The number of rotatable bonds is 5. The summed E-state index contributed by atoms with van der Waals surface area (Å²) in [5.41, 5.74) is -0.0534. The van der Waals surface area contributed by atoms with Crippen molar-refractivity contribution in [3.63, 3.8) is 0 Å². The fraction of sp³-hybridized carbons (Fsp3) is 0.500. The number of ether oxygens (including phenoxy) is 3. The third kappa shape index (κ3) is 4.76. The van der Waals surface area contributed by atoms with E-state index in [9.17, 15) is 14.7 Å². The Hall–Kier alpha value is -2.48. The number of aliphatic hydroxyl groups excluding tert-OH is 1. The molecule has 2 unspecified atom stereocenters. The summed E-state index contributed by atoms with van der Waals surface area (Å²) in [6, 6.07) is 4.03. The highest BCUT2D eigenvalue weighted by Gasteiger charge is 2.30. The van der Waals surface area contributed by atoms with Crippen LogP contribution >= 0.6 is 0 Å². The number of carbonyl (C=O) groups excluding carboxylic acids is 1. The molecule has 0 spiro atoms. The fourth-order valence-corrected chi connectivity index (χ4v) is 2.19. The fourth-order valence-electron chi connectivity index (χ4n) is 2.19. The summed E-state index contributed by atoms with van der Waals surface area (Å²) in [5, 5.41) is 21.3. The third-order valence-corrected chi connectivity index (χ3v) is 3.23. The van der Waals surface area contributed by atoms with Crippen LogP contribution < -0.4 is 14.8 Å². The van der Waals surface area contributed by atoms with Gasteiger partial charge in [-0.15, -0.1) is 0 Å². The third-order valence-electron chi connectivity index (χ3n) is 3.23. The Balaban J connectivity index is 2.11. The molecule has 0 bridgehead atoms. The summed E-state index contributed by atoms with van der Waals surface area (Å²) in [6.07, 6.45) is -2.49. The Morgan fingerprint density at radius 3 is 2.58 bits per heavy atom. The number of aliphatic carboxylic acids is 1. The van der Waals surface area contributed by atoms with E-state index in [1.807, 2.05) is 0 Å². The lowest BCUT2D eigenvalue weighted by atomic mass is 10.0. The molecule has 0 aliphatic carbocycles. The minimum atomic E-state index is -1.78. The number of aliphatic hydroxyl groups is 1. The van der Waals surface area contributed by atoms with E-state index < -0.39 is 29.8 Å². The Labute approximate surface area is 139 Å². The Bertz CT molecular complexity index is 623.